The largest absolute Gasteiger partial charge is 0.324 e. The summed E-state index contributed by atoms with van der Waals surface area (Å²) in [4.78, 5) is 0. The van der Waals surface area contributed by atoms with Gasteiger partial charge in [0.2, 0.25) is 0 Å². The minimum Gasteiger partial charge on any atom is -0.324 e. The van der Waals surface area contributed by atoms with Crippen LogP contribution in [-0.4, -0.2) is 0 Å². The van der Waals surface area contributed by atoms with Gasteiger partial charge >= 0.3 is 0 Å². The lowest BCUT2D eigenvalue weighted by Crippen LogP contribution is -2.10. The first-order valence-electron chi connectivity index (χ1n) is 3.42. The van der Waals surface area contributed by atoms with Crippen LogP contribution < -0.4 is 5.73 Å². The lowest BCUT2D eigenvalue weighted by molar-refractivity contribution is 0.535. The second kappa shape index (κ2) is 3.49. The van der Waals surface area contributed by atoms with Gasteiger partial charge in [0.05, 0.1) is 0 Å². The van der Waals surface area contributed by atoms with Gasteiger partial charge in [0.15, 0.2) is 0 Å². The predicted molar refractivity (Wildman–Crippen MR) is 46.7 cm³/mol. The van der Waals surface area contributed by atoms with Crippen LogP contribution in [0.2, 0.25) is 0 Å². The van der Waals surface area contributed by atoms with E-state index in [0.717, 1.165) is 0 Å². The molecule has 0 radical (unpaired) electrons. The molecule has 12 heavy (non-hydrogen) atoms. The van der Waals surface area contributed by atoms with Gasteiger partial charge in [-0.1, -0.05) is 15.9 Å². The van der Waals surface area contributed by atoms with Gasteiger partial charge in [-0.15, -0.1) is 0 Å². The topological polar surface area (TPSA) is 26.0 Å². The van der Waals surface area contributed by atoms with E-state index in [1.807, 2.05) is 0 Å². The third kappa shape index (κ3) is 1.81. The van der Waals surface area contributed by atoms with E-state index < -0.39 is 17.7 Å². The highest BCUT2D eigenvalue weighted by molar-refractivity contribution is 9.10. The molecule has 0 heterocycles. The monoisotopic (exact) mass is 235 g/mol. The van der Waals surface area contributed by atoms with Crippen LogP contribution in [0.25, 0.3) is 0 Å². The van der Waals surface area contributed by atoms with Crippen LogP contribution in [0.5, 0.6) is 0 Å². The van der Waals surface area contributed by atoms with Gasteiger partial charge in [-0.25, -0.2) is 8.78 Å². The molecule has 0 aliphatic heterocycles. The average molecular weight is 236 g/mol. The Morgan fingerprint density at radius 3 is 2.08 bits per heavy atom. The van der Waals surface area contributed by atoms with Crippen molar-refractivity contribution in [3.63, 3.8) is 0 Å². The zero-order chi connectivity index (χ0) is 9.30. The van der Waals surface area contributed by atoms with Crippen LogP contribution in [-0.2, 0) is 0 Å². The van der Waals surface area contributed by atoms with Crippen molar-refractivity contribution >= 4 is 15.9 Å². The third-order valence-electron chi connectivity index (χ3n) is 1.50. The van der Waals surface area contributed by atoms with Gasteiger partial charge in [0.1, 0.15) is 11.6 Å². The van der Waals surface area contributed by atoms with E-state index in [0.29, 0.717) is 4.47 Å². The molecule has 0 unspecified atom stereocenters. The van der Waals surface area contributed by atoms with Gasteiger partial charge in [-0.3, -0.25) is 0 Å². The fraction of sp³-hybridized carbons (Fsp3) is 0.250. The molecule has 1 aromatic rings. The molecule has 0 saturated heterocycles. The summed E-state index contributed by atoms with van der Waals surface area (Å²) in [5.74, 6) is -1.23. The van der Waals surface area contributed by atoms with Crippen LogP contribution in [0.15, 0.2) is 16.6 Å². The van der Waals surface area contributed by atoms with Crippen molar-refractivity contribution in [1.82, 2.24) is 0 Å². The molecule has 1 atom stereocenters. The second-order valence-electron chi connectivity index (χ2n) is 2.57. The summed E-state index contributed by atoms with van der Waals surface area (Å²) in [5, 5.41) is 0. The molecule has 0 fully saturated rings. The molecule has 0 saturated carbocycles. The molecule has 0 aromatic heterocycles. The van der Waals surface area contributed by atoms with Crippen LogP contribution in [0.4, 0.5) is 8.78 Å². The molecule has 66 valence electrons. The number of benzene rings is 1. The second-order valence-corrected chi connectivity index (χ2v) is 3.49. The van der Waals surface area contributed by atoms with Crippen LogP contribution in [0, 0.1) is 11.6 Å². The SMILES string of the molecule is C[C@@H](N)c1c(F)cc(Br)cc1F. The van der Waals surface area contributed by atoms with Crippen molar-refractivity contribution in [2.75, 3.05) is 0 Å². The fourth-order valence-electron chi connectivity index (χ4n) is 0.988. The summed E-state index contributed by atoms with van der Waals surface area (Å²) in [6, 6.07) is 1.77. The van der Waals surface area contributed by atoms with Gasteiger partial charge in [0, 0.05) is 16.1 Å². The smallest absolute Gasteiger partial charge is 0.132 e. The van der Waals surface area contributed by atoms with Crippen LogP contribution in [0.3, 0.4) is 0 Å². The maximum atomic E-state index is 13.0. The summed E-state index contributed by atoms with van der Waals surface area (Å²) in [5.41, 5.74) is 5.30. The lowest BCUT2D eigenvalue weighted by Gasteiger charge is -2.08. The molecule has 0 spiro atoms. The summed E-state index contributed by atoms with van der Waals surface area (Å²) >= 11 is 2.98. The number of hydrogen-bond acceptors (Lipinski definition) is 1. The van der Waals surface area contributed by atoms with E-state index in [9.17, 15) is 8.78 Å². The Morgan fingerprint density at radius 1 is 1.33 bits per heavy atom. The highest BCUT2D eigenvalue weighted by Crippen LogP contribution is 2.23. The highest BCUT2D eigenvalue weighted by atomic mass is 79.9. The van der Waals surface area contributed by atoms with E-state index in [1.165, 1.54) is 19.1 Å². The van der Waals surface area contributed by atoms with Gasteiger partial charge < -0.3 is 5.73 Å². The number of halogens is 3. The number of nitrogens with two attached hydrogens (primary N) is 1. The molecule has 0 aliphatic rings. The first kappa shape index (κ1) is 9.61. The summed E-state index contributed by atoms with van der Waals surface area (Å²) in [6.07, 6.45) is 0. The molecule has 0 aliphatic carbocycles. The Kier molecular flexibility index (Phi) is 2.80. The first-order valence-corrected chi connectivity index (χ1v) is 4.21. The molecule has 0 amide bonds. The Balaban J connectivity index is 3.28. The molecular formula is C8H8BrF2N. The highest BCUT2D eigenvalue weighted by Gasteiger charge is 2.13. The van der Waals surface area contributed by atoms with Crippen molar-refractivity contribution in [3.05, 3.63) is 33.8 Å². The van der Waals surface area contributed by atoms with Gasteiger partial charge in [-0.2, -0.15) is 0 Å². The molecule has 1 rings (SSSR count). The Bertz CT molecular complexity index is 276. The van der Waals surface area contributed by atoms with Crippen molar-refractivity contribution in [2.45, 2.75) is 13.0 Å². The molecule has 1 aromatic carbocycles. The molecular weight excluding hydrogens is 228 g/mol. The van der Waals surface area contributed by atoms with E-state index in [1.54, 1.807) is 0 Å². The van der Waals surface area contributed by atoms with E-state index in [2.05, 4.69) is 15.9 Å². The first-order chi connectivity index (χ1) is 5.52. The molecule has 1 nitrogen and oxygen atoms in total. The Hall–Kier alpha value is -0.480. The van der Waals surface area contributed by atoms with Crippen LogP contribution in [0.1, 0.15) is 18.5 Å². The predicted octanol–water partition coefficient (Wildman–Crippen LogP) is 2.75. The van der Waals surface area contributed by atoms with E-state index >= 15 is 0 Å². The van der Waals surface area contributed by atoms with Crippen molar-refractivity contribution in [3.8, 4) is 0 Å². The molecule has 2 N–H and O–H groups in total. The van der Waals surface area contributed by atoms with Crippen LogP contribution >= 0.6 is 15.9 Å². The average Bonchev–Trinajstić information content (AvgIpc) is 1.82. The summed E-state index contributed by atoms with van der Waals surface area (Å²) < 4.78 is 26.4. The number of hydrogen-bond donors (Lipinski definition) is 1. The maximum absolute atomic E-state index is 13.0. The van der Waals surface area contributed by atoms with Crippen molar-refractivity contribution in [1.29, 1.82) is 0 Å². The molecule has 4 heteroatoms. The zero-order valence-corrected chi connectivity index (χ0v) is 8.03. The fourth-order valence-corrected chi connectivity index (χ4v) is 1.39. The van der Waals surface area contributed by atoms with Crippen molar-refractivity contribution < 1.29 is 8.78 Å². The van der Waals surface area contributed by atoms with Crippen molar-refractivity contribution in [2.24, 2.45) is 5.73 Å². The third-order valence-corrected chi connectivity index (χ3v) is 1.96. The number of rotatable bonds is 1. The standard InChI is InChI=1S/C8H8BrF2N/c1-4(12)8-6(10)2-5(9)3-7(8)11/h2-4H,12H2,1H3/t4-/m1/s1. The quantitative estimate of drug-likeness (QED) is 0.797. The van der Waals surface area contributed by atoms with E-state index in [-0.39, 0.29) is 5.56 Å². The normalized spacial score (nSPS) is 13.1. The summed E-state index contributed by atoms with van der Waals surface area (Å²) in [6.45, 7) is 1.54. The molecule has 0 bridgehead atoms. The van der Waals surface area contributed by atoms with Gasteiger partial charge in [-0.05, 0) is 19.1 Å². The zero-order valence-electron chi connectivity index (χ0n) is 6.44. The minimum atomic E-state index is -0.627. The Morgan fingerprint density at radius 2 is 1.75 bits per heavy atom. The maximum Gasteiger partial charge on any atom is 0.132 e. The van der Waals surface area contributed by atoms with E-state index in [4.69, 9.17) is 5.73 Å². The summed E-state index contributed by atoms with van der Waals surface area (Å²) in [7, 11) is 0. The van der Waals surface area contributed by atoms with Gasteiger partial charge in [0.25, 0.3) is 0 Å². The Labute approximate surface area is 77.7 Å². The lowest BCUT2D eigenvalue weighted by atomic mass is 10.1. The minimum absolute atomic E-state index is 0.0711.